The molecule has 0 amide bonds. The molecular formula is C17H21NO. The lowest BCUT2D eigenvalue weighted by atomic mass is 9.74. The maximum atomic E-state index is 10.6. The van der Waals surface area contributed by atoms with E-state index in [-0.39, 0.29) is 6.04 Å². The van der Waals surface area contributed by atoms with Gasteiger partial charge in [0, 0.05) is 11.5 Å². The van der Waals surface area contributed by atoms with Crippen LogP contribution in [-0.4, -0.2) is 5.11 Å². The number of aliphatic hydroxyl groups excluding tert-OH is 1. The van der Waals surface area contributed by atoms with Gasteiger partial charge in [0.15, 0.2) is 0 Å². The van der Waals surface area contributed by atoms with E-state index in [2.05, 4.69) is 0 Å². The summed E-state index contributed by atoms with van der Waals surface area (Å²) in [6.45, 7) is 4.00. The molecule has 0 aliphatic heterocycles. The zero-order valence-corrected chi connectivity index (χ0v) is 11.5. The number of benzene rings is 2. The Labute approximate surface area is 114 Å². The van der Waals surface area contributed by atoms with Crippen molar-refractivity contribution in [3.8, 4) is 0 Å². The average molecular weight is 255 g/mol. The first-order valence-corrected chi connectivity index (χ1v) is 6.57. The summed E-state index contributed by atoms with van der Waals surface area (Å²) in [6, 6.07) is 19.4. The summed E-state index contributed by atoms with van der Waals surface area (Å²) in [5.74, 6) is 0. The van der Waals surface area contributed by atoms with E-state index in [1.54, 1.807) is 0 Å². The summed E-state index contributed by atoms with van der Waals surface area (Å²) >= 11 is 0. The van der Waals surface area contributed by atoms with Crippen LogP contribution in [0.15, 0.2) is 60.7 Å². The fraction of sp³-hybridized carbons (Fsp3) is 0.294. The second kappa shape index (κ2) is 5.55. The van der Waals surface area contributed by atoms with Gasteiger partial charge in [0.25, 0.3) is 0 Å². The molecule has 19 heavy (non-hydrogen) atoms. The van der Waals surface area contributed by atoms with Gasteiger partial charge < -0.3 is 10.8 Å². The van der Waals surface area contributed by atoms with Crippen LogP contribution < -0.4 is 5.73 Å². The molecule has 2 rings (SSSR count). The molecule has 0 aliphatic carbocycles. The molecule has 0 fully saturated rings. The molecule has 0 spiro atoms. The number of nitrogens with two attached hydrogens (primary N) is 1. The van der Waals surface area contributed by atoms with Crippen molar-refractivity contribution in [3.05, 3.63) is 71.8 Å². The third kappa shape index (κ3) is 2.86. The quantitative estimate of drug-likeness (QED) is 0.879. The van der Waals surface area contributed by atoms with Gasteiger partial charge >= 0.3 is 0 Å². The van der Waals surface area contributed by atoms with Crippen molar-refractivity contribution in [2.24, 2.45) is 11.1 Å². The van der Waals surface area contributed by atoms with E-state index in [0.717, 1.165) is 11.1 Å². The monoisotopic (exact) mass is 255 g/mol. The molecule has 0 bridgehead atoms. The second-order valence-electron chi connectivity index (χ2n) is 5.52. The molecule has 2 nitrogen and oxygen atoms in total. The maximum Gasteiger partial charge on any atom is 0.0859 e. The molecule has 0 radical (unpaired) electrons. The molecule has 3 N–H and O–H groups in total. The SMILES string of the molecule is CC(C)([C@H](O)c1ccccc1)[C@@H](N)c1ccccc1. The Bertz CT molecular complexity index is 460. The fourth-order valence-electron chi connectivity index (χ4n) is 2.32. The highest BCUT2D eigenvalue weighted by Gasteiger charge is 2.35. The highest BCUT2D eigenvalue weighted by molar-refractivity contribution is 5.25. The number of aliphatic hydroxyl groups is 1. The van der Waals surface area contributed by atoms with Crippen LogP contribution in [0.5, 0.6) is 0 Å². The summed E-state index contributed by atoms with van der Waals surface area (Å²) in [6.07, 6.45) is -0.594. The third-order valence-corrected chi connectivity index (χ3v) is 3.78. The van der Waals surface area contributed by atoms with E-state index >= 15 is 0 Å². The molecule has 0 heterocycles. The molecule has 0 unspecified atom stereocenters. The zero-order chi connectivity index (χ0) is 13.9. The molecule has 2 aromatic carbocycles. The minimum absolute atomic E-state index is 0.219. The van der Waals surface area contributed by atoms with E-state index in [4.69, 9.17) is 5.73 Å². The van der Waals surface area contributed by atoms with Crippen molar-refractivity contribution in [1.29, 1.82) is 0 Å². The molecule has 2 heteroatoms. The average Bonchev–Trinajstić information content (AvgIpc) is 2.47. The minimum Gasteiger partial charge on any atom is -0.388 e. The lowest BCUT2D eigenvalue weighted by Gasteiger charge is -2.36. The molecule has 2 atom stereocenters. The molecule has 0 saturated carbocycles. The fourth-order valence-corrected chi connectivity index (χ4v) is 2.32. The second-order valence-corrected chi connectivity index (χ2v) is 5.52. The van der Waals surface area contributed by atoms with Crippen LogP contribution in [0.25, 0.3) is 0 Å². The highest BCUT2D eigenvalue weighted by atomic mass is 16.3. The van der Waals surface area contributed by atoms with Crippen LogP contribution in [0.2, 0.25) is 0 Å². The Balaban J connectivity index is 2.27. The molecular weight excluding hydrogens is 234 g/mol. The molecule has 0 aliphatic rings. The normalized spacial score (nSPS) is 14.9. The maximum absolute atomic E-state index is 10.6. The van der Waals surface area contributed by atoms with Crippen LogP contribution in [-0.2, 0) is 0 Å². The van der Waals surface area contributed by atoms with Crippen LogP contribution in [0.1, 0.15) is 37.1 Å². The minimum atomic E-state index is -0.594. The van der Waals surface area contributed by atoms with Gasteiger partial charge in [-0.25, -0.2) is 0 Å². The van der Waals surface area contributed by atoms with Crippen LogP contribution in [0.4, 0.5) is 0 Å². The summed E-state index contributed by atoms with van der Waals surface area (Å²) in [5.41, 5.74) is 7.85. The topological polar surface area (TPSA) is 46.2 Å². The van der Waals surface area contributed by atoms with Crippen LogP contribution in [0.3, 0.4) is 0 Å². The Morgan fingerprint density at radius 3 is 1.74 bits per heavy atom. The Morgan fingerprint density at radius 2 is 1.26 bits per heavy atom. The number of rotatable bonds is 4. The molecule has 2 aromatic rings. The van der Waals surface area contributed by atoms with E-state index < -0.39 is 11.5 Å². The standard InChI is InChI=1S/C17H21NO/c1-17(2,15(18)13-9-5-3-6-10-13)16(19)14-11-7-4-8-12-14/h3-12,15-16,19H,18H2,1-2H3/t15-,16+/m0/s1. The number of hydrogen-bond donors (Lipinski definition) is 2. The van der Waals surface area contributed by atoms with Crippen molar-refractivity contribution in [1.82, 2.24) is 0 Å². The lowest BCUT2D eigenvalue weighted by molar-refractivity contribution is 0.0297. The predicted molar refractivity (Wildman–Crippen MR) is 78.6 cm³/mol. The van der Waals surface area contributed by atoms with Gasteiger partial charge in [-0.15, -0.1) is 0 Å². The van der Waals surface area contributed by atoms with Gasteiger partial charge in [0.2, 0.25) is 0 Å². The van der Waals surface area contributed by atoms with E-state index in [1.807, 2.05) is 74.5 Å². The van der Waals surface area contributed by atoms with Gasteiger partial charge in [-0.05, 0) is 11.1 Å². The first-order chi connectivity index (χ1) is 9.03. The molecule has 0 saturated heterocycles. The summed E-state index contributed by atoms with van der Waals surface area (Å²) in [5, 5.41) is 10.6. The Kier molecular flexibility index (Phi) is 4.03. The van der Waals surface area contributed by atoms with Crippen molar-refractivity contribution in [2.75, 3.05) is 0 Å². The Hall–Kier alpha value is -1.64. The third-order valence-electron chi connectivity index (χ3n) is 3.78. The van der Waals surface area contributed by atoms with E-state index in [1.165, 1.54) is 0 Å². The Morgan fingerprint density at radius 1 is 0.842 bits per heavy atom. The van der Waals surface area contributed by atoms with Gasteiger partial charge in [-0.3, -0.25) is 0 Å². The van der Waals surface area contributed by atoms with Gasteiger partial charge in [-0.2, -0.15) is 0 Å². The van der Waals surface area contributed by atoms with E-state index in [0.29, 0.717) is 0 Å². The molecule has 100 valence electrons. The first-order valence-electron chi connectivity index (χ1n) is 6.57. The van der Waals surface area contributed by atoms with Crippen molar-refractivity contribution >= 4 is 0 Å². The summed E-state index contributed by atoms with van der Waals surface area (Å²) in [7, 11) is 0. The predicted octanol–water partition coefficient (Wildman–Crippen LogP) is 3.45. The first kappa shape index (κ1) is 13.8. The smallest absolute Gasteiger partial charge is 0.0859 e. The van der Waals surface area contributed by atoms with Crippen LogP contribution >= 0.6 is 0 Å². The highest BCUT2D eigenvalue weighted by Crippen LogP contribution is 2.42. The van der Waals surface area contributed by atoms with Crippen LogP contribution in [0, 0.1) is 5.41 Å². The zero-order valence-electron chi connectivity index (χ0n) is 11.5. The molecule has 0 aromatic heterocycles. The summed E-state index contributed by atoms with van der Waals surface area (Å²) < 4.78 is 0. The largest absolute Gasteiger partial charge is 0.388 e. The number of hydrogen-bond acceptors (Lipinski definition) is 2. The van der Waals surface area contributed by atoms with Crippen molar-refractivity contribution < 1.29 is 5.11 Å². The van der Waals surface area contributed by atoms with Gasteiger partial charge in [-0.1, -0.05) is 74.5 Å². The van der Waals surface area contributed by atoms with Gasteiger partial charge in [0.05, 0.1) is 6.10 Å². The van der Waals surface area contributed by atoms with E-state index in [9.17, 15) is 5.11 Å². The van der Waals surface area contributed by atoms with Crippen molar-refractivity contribution in [3.63, 3.8) is 0 Å². The summed E-state index contributed by atoms with van der Waals surface area (Å²) in [4.78, 5) is 0. The lowest BCUT2D eigenvalue weighted by Crippen LogP contribution is -2.34. The van der Waals surface area contributed by atoms with Crippen molar-refractivity contribution in [2.45, 2.75) is 26.0 Å². The van der Waals surface area contributed by atoms with Gasteiger partial charge in [0.1, 0.15) is 0 Å².